The first-order chi connectivity index (χ1) is 7.35. The molecule has 0 radical (unpaired) electrons. The molecular formula is C11H16N4. The fraction of sp³-hybridized carbons (Fsp3) is 0.636. The summed E-state index contributed by atoms with van der Waals surface area (Å²) in [6, 6.07) is 4.59. The van der Waals surface area contributed by atoms with Crippen LogP contribution in [0.4, 0.5) is 0 Å². The summed E-state index contributed by atoms with van der Waals surface area (Å²) in [6.45, 7) is 5.50. The predicted octanol–water partition coefficient (Wildman–Crippen LogP) is 1.22. The molecule has 0 spiro atoms. The summed E-state index contributed by atoms with van der Waals surface area (Å²) in [5.74, 6) is 0. The molecule has 0 amide bonds. The van der Waals surface area contributed by atoms with Gasteiger partial charge in [-0.1, -0.05) is 6.92 Å². The van der Waals surface area contributed by atoms with Gasteiger partial charge in [-0.2, -0.15) is 10.4 Å². The molecule has 80 valence electrons. The zero-order chi connectivity index (χ0) is 10.7. The number of aromatic nitrogens is 2. The highest BCUT2D eigenvalue weighted by atomic mass is 15.3. The van der Waals surface area contributed by atoms with Gasteiger partial charge in [-0.25, -0.2) is 0 Å². The third kappa shape index (κ3) is 2.02. The molecule has 0 saturated carbocycles. The van der Waals surface area contributed by atoms with Gasteiger partial charge in [0.25, 0.3) is 0 Å². The molecule has 1 aliphatic heterocycles. The first kappa shape index (κ1) is 10.2. The molecule has 1 aromatic heterocycles. The first-order valence-corrected chi connectivity index (χ1v) is 5.47. The summed E-state index contributed by atoms with van der Waals surface area (Å²) in [5, 5.41) is 13.0. The van der Waals surface area contributed by atoms with Crippen LogP contribution >= 0.6 is 0 Å². The SMILES string of the molecule is CCN1CCC(n2nccc2CC#N)C1. The molecular weight excluding hydrogens is 188 g/mol. The van der Waals surface area contributed by atoms with E-state index >= 15 is 0 Å². The summed E-state index contributed by atoms with van der Waals surface area (Å²) in [5.41, 5.74) is 1.04. The summed E-state index contributed by atoms with van der Waals surface area (Å²) >= 11 is 0. The molecule has 15 heavy (non-hydrogen) atoms. The minimum Gasteiger partial charge on any atom is -0.301 e. The lowest BCUT2D eigenvalue weighted by atomic mass is 10.2. The minimum atomic E-state index is 0.461. The van der Waals surface area contributed by atoms with Gasteiger partial charge in [-0.05, 0) is 19.0 Å². The maximum atomic E-state index is 8.70. The topological polar surface area (TPSA) is 44.9 Å². The smallest absolute Gasteiger partial charge is 0.0771 e. The van der Waals surface area contributed by atoms with Crippen LogP contribution < -0.4 is 0 Å². The maximum Gasteiger partial charge on any atom is 0.0771 e. The van der Waals surface area contributed by atoms with Crippen LogP contribution in [0.1, 0.15) is 25.1 Å². The van der Waals surface area contributed by atoms with E-state index in [1.165, 1.54) is 0 Å². The number of hydrogen-bond donors (Lipinski definition) is 0. The number of hydrogen-bond acceptors (Lipinski definition) is 3. The van der Waals surface area contributed by atoms with Crippen molar-refractivity contribution in [2.24, 2.45) is 0 Å². The third-order valence-electron chi connectivity index (χ3n) is 3.05. The predicted molar refractivity (Wildman–Crippen MR) is 57.3 cm³/mol. The Hall–Kier alpha value is -1.34. The number of nitriles is 1. The fourth-order valence-corrected chi connectivity index (χ4v) is 2.19. The van der Waals surface area contributed by atoms with E-state index in [4.69, 9.17) is 5.26 Å². The van der Waals surface area contributed by atoms with Crippen LogP contribution in [-0.4, -0.2) is 34.3 Å². The van der Waals surface area contributed by atoms with E-state index in [2.05, 4.69) is 23.0 Å². The van der Waals surface area contributed by atoms with Crippen LogP contribution in [0.5, 0.6) is 0 Å². The van der Waals surface area contributed by atoms with E-state index in [9.17, 15) is 0 Å². The van der Waals surface area contributed by atoms with Crippen molar-refractivity contribution in [1.29, 1.82) is 5.26 Å². The van der Waals surface area contributed by atoms with Crippen LogP contribution in [-0.2, 0) is 6.42 Å². The number of nitrogens with zero attached hydrogens (tertiary/aromatic N) is 4. The van der Waals surface area contributed by atoms with Gasteiger partial charge in [0.1, 0.15) is 0 Å². The van der Waals surface area contributed by atoms with Crippen molar-refractivity contribution in [1.82, 2.24) is 14.7 Å². The summed E-state index contributed by atoms with van der Waals surface area (Å²) < 4.78 is 2.03. The van der Waals surface area contributed by atoms with Gasteiger partial charge in [0, 0.05) is 19.3 Å². The number of rotatable bonds is 3. The van der Waals surface area contributed by atoms with Gasteiger partial charge in [0.05, 0.1) is 24.2 Å². The van der Waals surface area contributed by atoms with Crippen molar-refractivity contribution in [3.63, 3.8) is 0 Å². The molecule has 4 nitrogen and oxygen atoms in total. The van der Waals surface area contributed by atoms with Gasteiger partial charge in [-0.3, -0.25) is 4.68 Å². The second-order valence-corrected chi connectivity index (χ2v) is 3.94. The highest BCUT2D eigenvalue weighted by Gasteiger charge is 2.24. The highest BCUT2D eigenvalue weighted by molar-refractivity contribution is 5.08. The average Bonchev–Trinajstić information content (AvgIpc) is 2.85. The molecule has 1 aliphatic rings. The second-order valence-electron chi connectivity index (χ2n) is 3.94. The van der Waals surface area contributed by atoms with E-state index in [-0.39, 0.29) is 0 Å². The van der Waals surface area contributed by atoms with Gasteiger partial charge in [0.15, 0.2) is 0 Å². The molecule has 0 bridgehead atoms. The van der Waals surface area contributed by atoms with E-state index < -0.39 is 0 Å². The van der Waals surface area contributed by atoms with Crippen LogP contribution in [0, 0.1) is 11.3 Å². The molecule has 0 N–H and O–H groups in total. The summed E-state index contributed by atoms with van der Waals surface area (Å²) in [4.78, 5) is 2.42. The Kier molecular flexibility index (Phi) is 3.02. The zero-order valence-electron chi connectivity index (χ0n) is 9.06. The van der Waals surface area contributed by atoms with Crippen molar-refractivity contribution in [2.45, 2.75) is 25.8 Å². The molecule has 1 fully saturated rings. The number of likely N-dealkylation sites (N-methyl/N-ethyl adjacent to an activating group) is 1. The Bertz CT molecular complexity index is 363. The summed E-state index contributed by atoms with van der Waals surface area (Å²) in [7, 11) is 0. The Labute approximate surface area is 90.1 Å². The van der Waals surface area contributed by atoms with Crippen molar-refractivity contribution >= 4 is 0 Å². The van der Waals surface area contributed by atoms with E-state index in [1.807, 2.05) is 10.7 Å². The third-order valence-corrected chi connectivity index (χ3v) is 3.05. The van der Waals surface area contributed by atoms with Crippen LogP contribution in [0.2, 0.25) is 0 Å². The summed E-state index contributed by atoms with van der Waals surface area (Å²) in [6.07, 6.45) is 3.40. The lowest BCUT2D eigenvalue weighted by molar-refractivity contribution is 0.334. The van der Waals surface area contributed by atoms with Crippen LogP contribution in [0.3, 0.4) is 0 Å². The van der Waals surface area contributed by atoms with Gasteiger partial charge < -0.3 is 4.90 Å². The fourth-order valence-electron chi connectivity index (χ4n) is 2.19. The molecule has 4 heteroatoms. The zero-order valence-corrected chi connectivity index (χ0v) is 9.06. The average molecular weight is 204 g/mol. The molecule has 1 saturated heterocycles. The molecule has 2 rings (SSSR count). The Morgan fingerprint density at radius 1 is 1.67 bits per heavy atom. The molecule has 1 atom stereocenters. The Morgan fingerprint density at radius 2 is 2.53 bits per heavy atom. The largest absolute Gasteiger partial charge is 0.301 e. The molecule has 0 aliphatic carbocycles. The molecule has 1 unspecified atom stereocenters. The minimum absolute atomic E-state index is 0.461. The van der Waals surface area contributed by atoms with Crippen molar-refractivity contribution < 1.29 is 0 Å². The standard InChI is InChI=1S/C11H16N4/c1-2-14-8-5-11(9-14)15-10(3-6-12)4-7-13-15/h4,7,11H,2-3,5,8-9H2,1H3. The Morgan fingerprint density at radius 3 is 3.20 bits per heavy atom. The van der Waals surface area contributed by atoms with Crippen LogP contribution in [0.25, 0.3) is 0 Å². The van der Waals surface area contributed by atoms with Crippen molar-refractivity contribution in [3.8, 4) is 6.07 Å². The number of likely N-dealkylation sites (tertiary alicyclic amines) is 1. The van der Waals surface area contributed by atoms with Crippen molar-refractivity contribution in [2.75, 3.05) is 19.6 Å². The van der Waals surface area contributed by atoms with E-state index in [0.717, 1.165) is 31.7 Å². The van der Waals surface area contributed by atoms with Gasteiger partial charge in [0.2, 0.25) is 0 Å². The van der Waals surface area contributed by atoms with Gasteiger partial charge >= 0.3 is 0 Å². The first-order valence-electron chi connectivity index (χ1n) is 5.47. The molecule has 2 heterocycles. The molecule has 1 aromatic rings. The van der Waals surface area contributed by atoms with Crippen LogP contribution in [0.15, 0.2) is 12.3 Å². The van der Waals surface area contributed by atoms with Gasteiger partial charge in [-0.15, -0.1) is 0 Å². The van der Waals surface area contributed by atoms with Crippen molar-refractivity contribution in [3.05, 3.63) is 18.0 Å². The lowest BCUT2D eigenvalue weighted by Crippen LogP contribution is -2.22. The normalized spacial score (nSPS) is 21.7. The monoisotopic (exact) mass is 204 g/mol. The van der Waals surface area contributed by atoms with E-state index in [1.54, 1.807) is 6.20 Å². The highest BCUT2D eigenvalue weighted by Crippen LogP contribution is 2.22. The maximum absolute atomic E-state index is 8.70. The van der Waals surface area contributed by atoms with E-state index in [0.29, 0.717) is 12.5 Å². The molecule has 0 aromatic carbocycles. The second kappa shape index (κ2) is 4.45. The lowest BCUT2D eigenvalue weighted by Gasteiger charge is -2.15. The Balaban J connectivity index is 2.10. The quantitative estimate of drug-likeness (QED) is 0.743.